The topological polar surface area (TPSA) is 74.8 Å². The van der Waals surface area contributed by atoms with Crippen LogP contribution in [0.15, 0.2) is 11.5 Å². The van der Waals surface area contributed by atoms with Crippen LogP contribution in [0.25, 0.3) is 0 Å². The Hall–Kier alpha value is -1.55. The fraction of sp³-hybridized carbons (Fsp3) is 0.714. The molecule has 0 saturated heterocycles. The van der Waals surface area contributed by atoms with Crippen molar-refractivity contribution in [3.8, 4) is 6.07 Å². The third-order valence-corrected chi connectivity index (χ3v) is 5.30. The predicted octanol–water partition coefficient (Wildman–Crippen LogP) is 1.98. The van der Waals surface area contributed by atoms with Gasteiger partial charge in [-0.25, -0.2) is 0 Å². The van der Waals surface area contributed by atoms with E-state index in [1.54, 1.807) is 22.8 Å². The molecule has 2 rings (SSSR count). The first-order valence-electron chi connectivity index (χ1n) is 7.20. The lowest BCUT2D eigenvalue weighted by Crippen LogP contribution is -2.52. The number of carbonyl (C=O) groups excluding carboxylic acids is 1. The lowest BCUT2D eigenvalue weighted by molar-refractivity contribution is -0.133. The summed E-state index contributed by atoms with van der Waals surface area (Å²) >= 11 is 1.38. The maximum atomic E-state index is 12.6. The third-order valence-electron chi connectivity index (χ3n) is 4.16. The molecule has 114 valence electrons. The number of nitriles is 1. The van der Waals surface area contributed by atoms with Gasteiger partial charge in [-0.15, -0.1) is 10.2 Å². The van der Waals surface area contributed by atoms with Gasteiger partial charge in [0.25, 0.3) is 0 Å². The van der Waals surface area contributed by atoms with E-state index in [1.807, 2.05) is 14.0 Å². The molecule has 1 aromatic heterocycles. The van der Waals surface area contributed by atoms with Gasteiger partial charge in [-0.3, -0.25) is 4.79 Å². The highest BCUT2D eigenvalue weighted by Gasteiger charge is 2.40. The van der Waals surface area contributed by atoms with Crippen LogP contribution in [0.3, 0.4) is 0 Å². The van der Waals surface area contributed by atoms with E-state index in [0.717, 1.165) is 32.1 Å². The van der Waals surface area contributed by atoms with Crippen molar-refractivity contribution in [2.45, 2.75) is 55.0 Å². The standard InChI is InChI=1S/C14H21N5OS/c1-11(21-13-17-16-10-18(13)2)12(20)19(3)14(9-15)7-5-4-6-8-14/h10-11H,4-8H2,1-3H3. The molecule has 1 atom stereocenters. The summed E-state index contributed by atoms with van der Waals surface area (Å²) in [6, 6.07) is 2.39. The summed E-state index contributed by atoms with van der Waals surface area (Å²) in [5, 5.41) is 17.8. The van der Waals surface area contributed by atoms with E-state index in [4.69, 9.17) is 0 Å². The van der Waals surface area contributed by atoms with Crippen LogP contribution in [0.1, 0.15) is 39.0 Å². The molecule has 0 radical (unpaired) electrons. The number of rotatable bonds is 4. The van der Waals surface area contributed by atoms with Gasteiger partial charge < -0.3 is 9.47 Å². The monoisotopic (exact) mass is 307 g/mol. The van der Waals surface area contributed by atoms with Gasteiger partial charge in [0.1, 0.15) is 11.9 Å². The number of hydrogen-bond acceptors (Lipinski definition) is 5. The van der Waals surface area contributed by atoms with Gasteiger partial charge in [-0.05, 0) is 19.8 Å². The van der Waals surface area contributed by atoms with Crippen molar-refractivity contribution in [3.63, 3.8) is 0 Å². The molecule has 7 heteroatoms. The van der Waals surface area contributed by atoms with Crippen molar-refractivity contribution in [1.29, 1.82) is 5.26 Å². The Kier molecular flexibility index (Phi) is 4.88. The van der Waals surface area contributed by atoms with E-state index in [1.165, 1.54) is 11.8 Å². The van der Waals surface area contributed by atoms with Crippen molar-refractivity contribution in [3.05, 3.63) is 6.33 Å². The first kappa shape index (κ1) is 15.8. The van der Waals surface area contributed by atoms with Crippen LogP contribution in [0.2, 0.25) is 0 Å². The smallest absolute Gasteiger partial charge is 0.236 e. The van der Waals surface area contributed by atoms with Gasteiger partial charge in [-0.2, -0.15) is 5.26 Å². The fourth-order valence-electron chi connectivity index (χ4n) is 2.73. The van der Waals surface area contributed by atoms with Crippen LogP contribution >= 0.6 is 11.8 Å². The van der Waals surface area contributed by atoms with Gasteiger partial charge in [-0.1, -0.05) is 31.0 Å². The second-order valence-electron chi connectivity index (χ2n) is 5.59. The van der Waals surface area contributed by atoms with E-state index in [-0.39, 0.29) is 11.2 Å². The van der Waals surface area contributed by atoms with Crippen LogP contribution in [-0.2, 0) is 11.8 Å². The fourth-order valence-corrected chi connectivity index (χ4v) is 3.61. The molecule has 1 heterocycles. The molecule has 1 saturated carbocycles. The van der Waals surface area contributed by atoms with E-state index in [2.05, 4.69) is 16.3 Å². The number of amides is 1. The summed E-state index contributed by atoms with van der Waals surface area (Å²) in [5.41, 5.74) is -0.635. The summed E-state index contributed by atoms with van der Waals surface area (Å²) < 4.78 is 1.79. The first-order valence-corrected chi connectivity index (χ1v) is 8.08. The summed E-state index contributed by atoms with van der Waals surface area (Å²) in [4.78, 5) is 14.3. The van der Waals surface area contributed by atoms with Gasteiger partial charge in [0, 0.05) is 14.1 Å². The van der Waals surface area contributed by atoms with E-state index >= 15 is 0 Å². The lowest BCUT2D eigenvalue weighted by atomic mass is 9.81. The summed E-state index contributed by atoms with van der Waals surface area (Å²) in [6.07, 6.45) is 6.32. The van der Waals surface area contributed by atoms with Crippen LogP contribution in [0.5, 0.6) is 0 Å². The van der Waals surface area contributed by atoms with E-state index in [0.29, 0.717) is 5.16 Å². The van der Waals surface area contributed by atoms with Crippen LogP contribution in [0, 0.1) is 11.3 Å². The number of thioether (sulfide) groups is 1. The maximum absolute atomic E-state index is 12.6. The average Bonchev–Trinajstić information content (AvgIpc) is 2.91. The normalized spacial score (nSPS) is 18.8. The van der Waals surface area contributed by atoms with Gasteiger partial charge in [0.15, 0.2) is 5.16 Å². The summed E-state index contributed by atoms with van der Waals surface area (Å²) in [7, 11) is 3.60. The number of aryl methyl sites for hydroxylation is 1. The molecular weight excluding hydrogens is 286 g/mol. The Morgan fingerprint density at radius 1 is 1.52 bits per heavy atom. The highest BCUT2D eigenvalue weighted by molar-refractivity contribution is 8.00. The Labute approximate surface area is 129 Å². The second-order valence-corrected chi connectivity index (χ2v) is 6.89. The minimum absolute atomic E-state index is 0.0218. The molecule has 0 spiro atoms. The zero-order valence-electron chi connectivity index (χ0n) is 12.7. The SMILES string of the molecule is CC(Sc1nncn1C)C(=O)N(C)C1(C#N)CCCCC1. The third kappa shape index (κ3) is 3.21. The largest absolute Gasteiger partial charge is 0.326 e. The molecule has 0 aromatic carbocycles. The maximum Gasteiger partial charge on any atom is 0.236 e. The molecule has 1 unspecified atom stereocenters. The van der Waals surface area contributed by atoms with Crippen LogP contribution in [-0.4, -0.2) is 43.4 Å². The summed E-state index contributed by atoms with van der Waals surface area (Å²) in [5.74, 6) is -0.0218. The van der Waals surface area contributed by atoms with Crippen molar-refractivity contribution in [2.24, 2.45) is 7.05 Å². The number of aromatic nitrogens is 3. The predicted molar refractivity (Wildman–Crippen MR) is 80.5 cm³/mol. The van der Waals surface area contributed by atoms with Gasteiger partial charge >= 0.3 is 0 Å². The second kappa shape index (κ2) is 6.48. The summed E-state index contributed by atoms with van der Waals surface area (Å²) in [6.45, 7) is 1.85. The Morgan fingerprint density at radius 2 is 2.19 bits per heavy atom. The highest BCUT2D eigenvalue weighted by Crippen LogP contribution is 2.34. The minimum Gasteiger partial charge on any atom is -0.326 e. The van der Waals surface area contributed by atoms with E-state index in [9.17, 15) is 10.1 Å². The molecule has 0 aliphatic heterocycles. The Balaban J connectivity index is 2.07. The van der Waals surface area contributed by atoms with Crippen LogP contribution in [0.4, 0.5) is 0 Å². The number of carbonyl (C=O) groups is 1. The quantitative estimate of drug-likeness (QED) is 0.795. The lowest BCUT2D eigenvalue weighted by Gasteiger charge is -2.40. The molecule has 1 aromatic rings. The van der Waals surface area contributed by atoms with Crippen LogP contribution < -0.4 is 0 Å². The molecule has 21 heavy (non-hydrogen) atoms. The molecule has 1 aliphatic rings. The van der Waals surface area contributed by atoms with Gasteiger partial charge in [0.05, 0.1) is 11.3 Å². The zero-order valence-corrected chi connectivity index (χ0v) is 13.6. The number of nitrogens with zero attached hydrogens (tertiary/aromatic N) is 5. The van der Waals surface area contributed by atoms with Crippen molar-refractivity contribution < 1.29 is 4.79 Å². The molecule has 1 fully saturated rings. The average molecular weight is 307 g/mol. The zero-order chi connectivity index (χ0) is 15.5. The van der Waals surface area contributed by atoms with Crippen molar-refractivity contribution in [1.82, 2.24) is 19.7 Å². The Bertz CT molecular complexity index is 544. The highest BCUT2D eigenvalue weighted by atomic mass is 32.2. The van der Waals surface area contributed by atoms with Crippen molar-refractivity contribution in [2.75, 3.05) is 7.05 Å². The van der Waals surface area contributed by atoms with E-state index < -0.39 is 5.54 Å². The molecule has 1 amide bonds. The number of hydrogen-bond donors (Lipinski definition) is 0. The molecular formula is C14H21N5OS. The van der Waals surface area contributed by atoms with Crippen molar-refractivity contribution >= 4 is 17.7 Å². The molecule has 0 bridgehead atoms. The van der Waals surface area contributed by atoms with Gasteiger partial charge in [0.2, 0.25) is 5.91 Å². The Morgan fingerprint density at radius 3 is 2.71 bits per heavy atom. The minimum atomic E-state index is -0.635. The molecule has 1 aliphatic carbocycles. The first-order chi connectivity index (χ1) is 10.00. The molecule has 0 N–H and O–H groups in total. The molecule has 6 nitrogen and oxygen atoms in total.